The largest absolute Gasteiger partial charge is 0.272 e. The highest BCUT2D eigenvalue weighted by Crippen LogP contribution is 2.16. The molecule has 16 heavy (non-hydrogen) atoms. The third-order valence-electron chi connectivity index (χ3n) is 2.15. The minimum atomic E-state index is -0.324. The van der Waals surface area contributed by atoms with Crippen LogP contribution in [-0.2, 0) is 5.33 Å². The van der Waals surface area contributed by atoms with Crippen molar-refractivity contribution >= 4 is 15.9 Å². The van der Waals surface area contributed by atoms with Gasteiger partial charge in [-0.05, 0) is 23.8 Å². The van der Waals surface area contributed by atoms with E-state index in [4.69, 9.17) is 0 Å². The molecule has 0 spiro atoms. The number of alkyl halides is 1. The van der Waals surface area contributed by atoms with E-state index >= 15 is 0 Å². The van der Waals surface area contributed by atoms with Crippen LogP contribution in [0.4, 0.5) is 4.39 Å². The molecule has 0 unspecified atom stereocenters. The first kappa shape index (κ1) is 11.0. The van der Waals surface area contributed by atoms with Gasteiger partial charge in [0.2, 0.25) is 0 Å². The summed E-state index contributed by atoms with van der Waals surface area (Å²) in [7, 11) is 0. The van der Waals surface area contributed by atoms with Crippen LogP contribution in [-0.4, -0.2) is 10.2 Å². The normalized spacial score (nSPS) is 10.4. The Hall–Kier alpha value is -1.49. The summed E-state index contributed by atoms with van der Waals surface area (Å²) < 4.78 is 12.7. The van der Waals surface area contributed by atoms with Gasteiger partial charge in [-0.1, -0.05) is 28.1 Å². The van der Waals surface area contributed by atoms with Gasteiger partial charge in [0.05, 0.1) is 11.3 Å². The van der Waals surface area contributed by atoms with E-state index in [1.54, 1.807) is 18.2 Å². The molecule has 0 aliphatic rings. The SMILES string of the molecule is O=c1[nH]nc(CBr)cc1-c1ccc(F)cc1. The van der Waals surface area contributed by atoms with Gasteiger partial charge >= 0.3 is 0 Å². The minimum absolute atomic E-state index is 0.281. The highest BCUT2D eigenvalue weighted by Gasteiger charge is 2.05. The van der Waals surface area contributed by atoms with Gasteiger partial charge in [0.1, 0.15) is 5.82 Å². The van der Waals surface area contributed by atoms with E-state index in [1.165, 1.54) is 12.1 Å². The first-order valence-electron chi connectivity index (χ1n) is 4.61. The summed E-state index contributed by atoms with van der Waals surface area (Å²) >= 11 is 3.26. The third kappa shape index (κ3) is 2.19. The lowest BCUT2D eigenvalue weighted by molar-refractivity contribution is 0.628. The number of aromatic nitrogens is 2. The molecule has 0 bridgehead atoms. The molecule has 82 valence electrons. The summed E-state index contributed by atoms with van der Waals surface area (Å²) in [5.74, 6) is -0.324. The van der Waals surface area contributed by atoms with Crippen molar-refractivity contribution in [3.05, 3.63) is 52.2 Å². The van der Waals surface area contributed by atoms with Crippen LogP contribution in [0, 0.1) is 5.82 Å². The van der Waals surface area contributed by atoms with Crippen molar-refractivity contribution < 1.29 is 4.39 Å². The number of nitrogens with one attached hydrogen (secondary N) is 1. The number of H-pyrrole nitrogens is 1. The second kappa shape index (κ2) is 4.57. The van der Waals surface area contributed by atoms with Gasteiger partial charge in [0.25, 0.3) is 5.56 Å². The lowest BCUT2D eigenvalue weighted by atomic mass is 10.1. The fourth-order valence-electron chi connectivity index (χ4n) is 1.36. The van der Waals surface area contributed by atoms with Gasteiger partial charge in [0, 0.05) is 5.33 Å². The average molecular weight is 283 g/mol. The molecule has 1 aromatic carbocycles. The Morgan fingerprint density at radius 3 is 2.62 bits per heavy atom. The topological polar surface area (TPSA) is 45.8 Å². The van der Waals surface area contributed by atoms with Crippen molar-refractivity contribution in [3.63, 3.8) is 0 Å². The Morgan fingerprint density at radius 1 is 1.31 bits per heavy atom. The van der Waals surface area contributed by atoms with Crippen molar-refractivity contribution in [1.82, 2.24) is 10.2 Å². The molecule has 2 rings (SSSR count). The number of benzene rings is 1. The first-order valence-corrected chi connectivity index (χ1v) is 5.73. The van der Waals surface area contributed by atoms with Crippen LogP contribution in [0.3, 0.4) is 0 Å². The molecule has 1 aromatic heterocycles. The molecule has 0 fully saturated rings. The molecule has 0 aliphatic carbocycles. The molecule has 0 aliphatic heterocycles. The molecule has 1 N–H and O–H groups in total. The molecule has 0 atom stereocenters. The van der Waals surface area contributed by atoms with Crippen LogP contribution < -0.4 is 5.56 Å². The lowest BCUT2D eigenvalue weighted by Crippen LogP contribution is -2.12. The second-order valence-corrected chi connectivity index (χ2v) is 3.80. The minimum Gasteiger partial charge on any atom is -0.267 e. The molecular formula is C11H8BrFN2O. The predicted molar refractivity (Wildman–Crippen MR) is 62.9 cm³/mol. The van der Waals surface area contributed by atoms with E-state index < -0.39 is 0 Å². The van der Waals surface area contributed by atoms with Gasteiger partial charge in [-0.3, -0.25) is 4.79 Å². The second-order valence-electron chi connectivity index (χ2n) is 3.24. The van der Waals surface area contributed by atoms with Gasteiger partial charge in [-0.25, -0.2) is 9.49 Å². The van der Waals surface area contributed by atoms with Crippen molar-refractivity contribution in [2.45, 2.75) is 5.33 Å². The van der Waals surface area contributed by atoms with Crippen LogP contribution in [0.15, 0.2) is 35.1 Å². The molecule has 0 saturated heterocycles. The fraction of sp³-hybridized carbons (Fsp3) is 0.0909. The smallest absolute Gasteiger partial charge is 0.267 e. The van der Waals surface area contributed by atoms with E-state index in [-0.39, 0.29) is 11.4 Å². The summed E-state index contributed by atoms with van der Waals surface area (Å²) in [5, 5.41) is 6.80. The van der Waals surface area contributed by atoms with Crippen molar-refractivity contribution in [1.29, 1.82) is 0 Å². The zero-order valence-corrected chi connectivity index (χ0v) is 9.79. The summed E-state index contributed by atoms with van der Waals surface area (Å²) in [5.41, 5.74) is 1.60. The van der Waals surface area contributed by atoms with Gasteiger partial charge in [0.15, 0.2) is 0 Å². The lowest BCUT2D eigenvalue weighted by Gasteiger charge is -2.01. The molecule has 2 aromatic rings. The summed E-state index contributed by atoms with van der Waals surface area (Å²) in [6, 6.07) is 7.46. The van der Waals surface area contributed by atoms with E-state index in [0.29, 0.717) is 16.5 Å². The molecule has 0 saturated carbocycles. The van der Waals surface area contributed by atoms with Gasteiger partial charge in [-0.15, -0.1) is 0 Å². The van der Waals surface area contributed by atoms with E-state index in [2.05, 4.69) is 26.1 Å². The van der Waals surface area contributed by atoms with Gasteiger partial charge in [-0.2, -0.15) is 5.10 Å². The maximum Gasteiger partial charge on any atom is 0.272 e. The zero-order valence-electron chi connectivity index (χ0n) is 8.21. The fourth-order valence-corrected chi connectivity index (χ4v) is 1.65. The summed E-state index contributed by atoms with van der Waals surface area (Å²) in [6.45, 7) is 0. The van der Waals surface area contributed by atoms with Crippen LogP contribution in [0.25, 0.3) is 11.1 Å². The Balaban J connectivity index is 2.54. The van der Waals surface area contributed by atoms with Crippen molar-refractivity contribution in [2.24, 2.45) is 0 Å². The summed E-state index contributed by atoms with van der Waals surface area (Å²) in [4.78, 5) is 11.5. The predicted octanol–water partition coefficient (Wildman–Crippen LogP) is 2.47. The first-order chi connectivity index (χ1) is 7.70. The maximum atomic E-state index is 12.7. The highest BCUT2D eigenvalue weighted by molar-refractivity contribution is 9.08. The van der Waals surface area contributed by atoms with Crippen LogP contribution in [0.1, 0.15) is 5.69 Å². The number of halogens is 2. The maximum absolute atomic E-state index is 12.7. The van der Waals surface area contributed by atoms with Crippen molar-refractivity contribution in [3.8, 4) is 11.1 Å². The van der Waals surface area contributed by atoms with Gasteiger partial charge < -0.3 is 0 Å². The zero-order chi connectivity index (χ0) is 11.5. The molecule has 0 radical (unpaired) electrons. The van der Waals surface area contributed by atoms with E-state index in [1.807, 2.05) is 0 Å². The molecule has 3 nitrogen and oxygen atoms in total. The Kier molecular flexibility index (Phi) is 3.14. The molecule has 1 heterocycles. The Morgan fingerprint density at radius 2 is 2.00 bits per heavy atom. The Labute approximate surface area is 99.5 Å². The molecular weight excluding hydrogens is 275 g/mol. The number of hydrogen-bond donors (Lipinski definition) is 1. The number of aromatic amines is 1. The molecule has 0 amide bonds. The van der Waals surface area contributed by atoms with Crippen LogP contribution in [0.5, 0.6) is 0 Å². The molecule has 5 heteroatoms. The van der Waals surface area contributed by atoms with E-state index in [0.717, 1.165) is 5.69 Å². The van der Waals surface area contributed by atoms with E-state index in [9.17, 15) is 9.18 Å². The monoisotopic (exact) mass is 282 g/mol. The number of hydrogen-bond acceptors (Lipinski definition) is 2. The van der Waals surface area contributed by atoms with Crippen molar-refractivity contribution in [2.75, 3.05) is 0 Å². The Bertz CT molecular complexity index is 551. The van der Waals surface area contributed by atoms with Crippen LogP contribution >= 0.6 is 15.9 Å². The standard InChI is InChI=1S/C11H8BrFN2O/c12-6-9-5-10(11(16)15-14-9)7-1-3-8(13)4-2-7/h1-5H,6H2,(H,15,16). The highest BCUT2D eigenvalue weighted by atomic mass is 79.9. The summed E-state index contributed by atoms with van der Waals surface area (Å²) in [6.07, 6.45) is 0. The number of nitrogens with zero attached hydrogens (tertiary/aromatic N) is 1. The number of rotatable bonds is 2. The third-order valence-corrected chi connectivity index (χ3v) is 2.72. The average Bonchev–Trinajstić information content (AvgIpc) is 2.31. The van der Waals surface area contributed by atoms with Crippen LogP contribution in [0.2, 0.25) is 0 Å². The quantitative estimate of drug-likeness (QED) is 0.860.